The van der Waals surface area contributed by atoms with Crippen molar-refractivity contribution in [3.8, 4) is 11.5 Å². The maximum Gasteiger partial charge on any atom is 0.338 e. The molecule has 3 aromatic carbocycles. The van der Waals surface area contributed by atoms with Crippen molar-refractivity contribution in [2.24, 2.45) is 0 Å². The summed E-state index contributed by atoms with van der Waals surface area (Å²) in [5, 5.41) is 2.58. The van der Waals surface area contributed by atoms with Gasteiger partial charge < -0.3 is 19.5 Å². The van der Waals surface area contributed by atoms with Gasteiger partial charge in [0.05, 0.1) is 23.7 Å². The number of nitrogens with zero attached hydrogens (tertiary/aromatic N) is 1. The zero-order valence-corrected chi connectivity index (χ0v) is 19.6. The van der Waals surface area contributed by atoms with Crippen LogP contribution in [0.25, 0.3) is 0 Å². The Balaban J connectivity index is 1.26. The third-order valence-corrected chi connectivity index (χ3v) is 7.06. The molecule has 1 fully saturated rings. The first-order chi connectivity index (χ1) is 16.9. The van der Waals surface area contributed by atoms with Crippen molar-refractivity contribution >= 4 is 27.6 Å². The SMILES string of the molecule is O=C(COC(=O)c1ccc(Oc2ccccc2)cc1)Nc1ccc(S(=O)(=O)N2CCOCC2)cc1. The molecule has 0 aliphatic carbocycles. The molecule has 0 aromatic heterocycles. The monoisotopic (exact) mass is 496 g/mol. The van der Waals surface area contributed by atoms with E-state index in [0.29, 0.717) is 43.5 Å². The second-order valence-corrected chi connectivity index (χ2v) is 9.54. The number of nitrogens with one attached hydrogen (secondary N) is 1. The molecule has 10 heteroatoms. The van der Waals surface area contributed by atoms with Gasteiger partial charge in [-0.2, -0.15) is 4.31 Å². The lowest BCUT2D eigenvalue weighted by molar-refractivity contribution is -0.119. The normalized spacial score (nSPS) is 14.2. The first kappa shape index (κ1) is 24.4. The number of carbonyl (C=O) groups is 2. The third kappa shape index (κ3) is 6.44. The fourth-order valence-electron chi connectivity index (χ4n) is 3.34. The van der Waals surface area contributed by atoms with Crippen LogP contribution in [0.4, 0.5) is 5.69 Å². The van der Waals surface area contributed by atoms with E-state index in [1.165, 1.54) is 28.6 Å². The van der Waals surface area contributed by atoms with Gasteiger partial charge in [0.1, 0.15) is 11.5 Å². The van der Waals surface area contributed by atoms with Crippen LogP contribution in [-0.2, 0) is 24.3 Å². The molecule has 1 saturated heterocycles. The van der Waals surface area contributed by atoms with Gasteiger partial charge in [0.25, 0.3) is 5.91 Å². The minimum Gasteiger partial charge on any atom is -0.457 e. The molecule has 9 nitrogen and oxygen atoms in total. The van der Waals surface area contributed by atoms with Crippen LogP contribution in [0, 0.1) is 0 Å². The first-order valence-electron chi connectivity index (χ1n) is 10.9. The number of anilines is 1. The molecule has 0 bridgehead atoms. The largest absolute Gasteiger partial charge is 0.457 e. The Morgan fingerprint density at radius 2 is 1.49 bits per heavy atom. The molecule has 0 unspecified atom stereocenters. The summed E-state index contributed by atoms with van der Waals surface area (Å²) in [4.78, 5) is 24.6. The number of para-hydroxylation sites is 1. The Bertz CT molecular complexity index is 1260. The fourth-order valence-corrected chi connectivity index (χ4v) is 4.75. The molecular weight excluding hydrogens is 472 g/mol. The van der Waals surface area contributed by atoms with E-state index in [2.05, 4.69) is 5.32 Å². The van der Waals surface area contributed by atoms with E-state index in [9.17, 15) is 18.0 Å². The molecule has 35 heavy (non-hydrogen) atoms. The quantitative estimate of drug-likeness (QED) is 0.477. The molecule has 0 radical (unpaired) electrons. The number of morpholine rings is 1. The average Bonchev–Trinajstić information content (AvgIpc) is 2.89. The van der Waals surface area contributed by atoms with Gasteiger partial charge in [-0.1, -0.05) is 18.2 Å². The van der Waals surface area contributed by atoms with E-state index in [1.54, 1.807) is 24.3 Å². The maximum atomic E-state index is 12.7. The molecule has 1 N–H and O–H groups in total. The van der Waals surface area contributed by atoms with Crippen molar-refractivity contribution in [2.75, 3.05) is 38.2 Å². The summed E-state index contributed by atoms with van der Waals surface area (Å²) in [5.41, 5.74) is 0.658. The number of hydrogen-bond donors (Lipinski definition) is 1. The van der Waals surface area contributed by atoms with Crippen molar-refractivity contribution < 1.29 is 32.2 Å². The number of esters is 1. The van der Waals surface area contributed by atoms with Crippen LogP contribution in [0.5, 0.6) is 11.5 Å². The van der Waals surface area contributed by atoms with Gasteiger partial charge in [-0.05, 0) is 60.7 Å². The molecule has 1 heterocycles. The predicted octanol–water partition coefficient (Wildman–Crippen LogP) is 3.30. The highest BCUT2D eigenvalue weighted by Gasteiger charge is 2.26. The highest BCUT2D eigenvalue weighted by atomic mass is 32.2. The average molecular weight is 497 g/mol. The lowest BCUT2D eigenvalue weighted by atomic mass is 10.2. The van der Waals surface area contributed by atoms with Crippen molar-refractivity contribution in [1.82, 2.24) is 4.31 Å². The molecule has 0 spiro atoms. The van der Waals surface area contributed by atoms with Gasteiger partial charge in [-0.15, -0.1) is 0 Å². The second-order valence-electron chi connectivity index (χ2n) is 7.60. The Morgan fingerprint density at radius 1 is 0.857 bits per heavy atom. The Morgan fingerprint density at radius 3 is 2.14 bits per heavy atom. The zero-order chi connectivity index (χ0) is 24.7. The van der Waals surface area contributed by atoms with E-state index in [-0.39, 0.29) is 10.5 Å². The summed E-state index contributed by atoms with van der Waals surface area (Å²) in [6.07, 6.45) is 0. The van der Waals surface area contributed by atoms with Gasteiger partial charge in [0, 0.05) is 18.8 Å². The summed E-state index contributed by atoms with van der Waals surface area (Å²) in [7, 11) is -3.62. The molecule has 3 aromatic rings. The number of hydrogen-bond acceptors (Lipinski definition) is 7. The minimum absolute atomic E-state index is 0.128. The molecule has 1 aliphatic rings. The van der Waals surface area contributed by atoms with Crippen LogP contribution in [0.1, 0.15) is 10.4 Å². The second kappa shape index (κ2) is 11.1. The van der Waals surface area contributed by atoms with Gasteiger partial charge in [0.2, 0.25) is 10.0 Å². The number of benzene rings is 3. The van der Waals surface area contributed by atoms with Crippen molar-refractivity contribution in [3.63, 3.8) is 0 Å². The highest BCUT2D eigenvalue weighted by molar-refractivity contribution is 7.89. The first-order valence-corrected chi connectivity index (χ1v) is 12.3. The lowest BCUT2D eigenvalue weighted by Crippen LogP contribution is -2.40. The third-order valence-electron chi connectivity index (χ3n) is 5.15. The number of amides is 1. The molecule has 1 amide bonds. The standard InChI is InChI=1S/C25H24N2O7S/c28-24(26-20-8-12-23(13-9-20)35(30,31)27-14-16-32-17-15-27)18-33-25(29)19-6-10-22(11-7-19)34-21-4-2-1-3-5-21/h1-13H,14-18H2,(H,26,28). The number of sulfonamides is 1. The molecule has 182 valence electrons. The number of carbonyl (C=O) groups excluding carboxylic acids is 2. The molecular formula is C25H24N2O7S. The van der Waals surface area contributed by atoms with Crippen LogP contribution in [0.2, 0.25) is 0 Å². The van der Waals surface area contributed by atoms with Crippen molar-refractivity contribution in [3.05, 3.63) is 84.4 Å². The van der Waals surface area contributed by atoms with E-state index < -0.39 is 28.5 Å². The molecule has 0 saturated carbocycles. The van der Waals surface area contributed by atoms with Crippen molar-refractivity contribution in [1.29, 1.82) is 0 Å². The van der Waals surface area contributed by atoms with Crippen LogP contribution >= 0.6 is 0 Å². The Labute approximate surface area is 203 Å². The number of ether oxygens (including phenoxy) is 3. The topological polar surface area (TPSA) is 111 Å². The summed E-state index contributed by atoms with van der Waals surface area (Å²) in [6, 6.07) is 21.4. The van der Waals surface area contributed by atoms with Crippen LogP contribution in [0.3, 0.4) is 0 Å². The fraction of sp³-hybridized carbons (Fsp3) is 0.200. The van der Waals surface area contributed by atoms with E-state index in [0.717, 1.165) is 0 Å². The Hall–Kier alpha value is -3.73. The van der Waals surface area contributed by atoms with E-state index in [4.69, 9.17) is 14.2 Å². The van der Waals surface area contributed by atoms with E-state index >= 15 is 0 Å². The lowest BCUT2D eigenvalue weighted by Gasteiger charge is -2.26. The van der Waals surface area contributed by atoms with Crippen molar-refractivity contribution in [2.45, 2.75) is 4.90 Å². The van der Waals surface area contributed by atoms with Gasteiger partial charge in [-0.25, -0.2) is 13.2 Å². The molecule has 1 aliphatic heterocycles. The van der Waals surface area contributed by atoms with Crippen LogP contribution in [-0.4, -0.2) is 57.5 Å². The summed E-state index contributed by atoms with van der Waals surface area (Å²) in [6.45, 7) is 0.828. The Kier molecular flexibility index (Phi) is 7.76. The van der Waals surface area contributed by atoms with Gasteiger partial charge in [0.15, 0.2) is 6.61 Å². The van der Waals surface area contributed by atoms with E-state index in [1.807, 2.05) is 30.3 Å². The zero-order valence-electron chi connectivity index (χ0n) is 18.8. The summed E-state index contributed by atoms with van der Waals surface area (Å²) < 4.78 is 42.6. The maximum absolute atomic E-state index is 12.7. The van der Waals surface area contributed by atoms with Crippen LogP contribution < -0.4 is 10.1 Å². The molecule has 0 atom stereocenters. The summed E-state index contributed by atoms with van der Waals surface area (Å²) in [5.74, 6) is 0.0281. The minimum atomic E-state index is -3.62. The van der Waals surface area contributed by atoms with Crippen LogP contribution in [0.15, 0.2) is 83.8 Å². The summed E-state index contributed by atoms with van der Waals surface area (Å²) >= 11 is 0. The number of rotatable bonds is 8. The molecule has 4 rings (SSSR count). The highest BCUT2D eigenvalue weighted by Crippen LogP contribution is 2.22. The smallest absolute Gasteiger partial charge is 0.338 e. The predicted molar refractivity (Wildman–Crippen MR) is 128 cm³/mol. The van der Waals surface area contributed by atoms with Gasteiger partial charge in [-0.3, -0.25) is 4.79 Å². The van der Waals surface area contributed by atoms with Gasteiger partial charge >= 0.3 is 5.97 Å².